The summed E-state index contributed by atoms with van der Waals surface area (Å²) in [6.45, 7) is 2.73. The molecular formula is C32H33N5O2. The average molecular weight is 520 g/mol. The molecule has 0 fully saturated rings. The predicted molar refractivity (Wildman–Crippen MR) is 159 cm³/mol. The number of methoxy groups -OCH3 is 1. The number of pyridine rings is 2. The second kappa shape index (κ2) is 11.9. The van der Waals surface area contributed by atoms with Crippen molar-refractivity contribution in [2.75, 3.05) is 44.5 Å². The fourth-order valence-electron chi connectivity index (χ4n) is 4.88. The van der Waals surface area contributed by atoms with Crippen molar-refractivity contribution in [2.24, 2.45) is 0 Å². The van der Waals surface area contributed by atoms with Crippen molar-refractivity contribution in [3.05, 3.63) is 102 Å². The lowest BCUT2D eigenvalue weighted by Crippen LogP contribution is -2.25. The Bertz CT molecular complexity index is 1570. The SMILES string of the molecule is COc1ccc2nc3cc(NC(=O)c4ccccc4)ccc3c(N(C)CCCN(C)Cc3ccncc3)c2c1. The van der Waals surface area contributed by atoms with Crippen LogP contribution < -0.4 is 15.0 Å². The molecule has 0 spiro atoms. The van der Waals surface area contributed by atoms with Gasteiger partial charge in [-0.3, -0.25) is 9.78 Å². The van der Waals surface area contributed by atoms with Gasteiger partial charge in [0.1, 0.15) is 5.75 Å². The molecule has 0 unspecified atom stereocenters. The Morgan fingerprint density at radius 3 is 2.44 bits per heavy atom. The van der Waals surface area contributed by atoms with Gasteiger partial charge in [0.15, 0.2) is 0 Å². The zero-order valence-corrected chi connectivity index (χ0v) is 22.6. The highest BCUT2D eigenvalue weighted by atomic mass is 16.5. The molecule has 198 valence electrons. The van der Waals surface area contributed by atoms with E-state index in [1.165, 1.54) is 5.56 Å². The third-order valence-corrected chi connectivity index (χ3v) is 6.86. The number of rotatable bonds is 10. The molecule has 0 bridgehead atoms. The minimum Gasteiger partial charge on any atom is -0.497 e. The van der Waals surface area contributed by atoms with E-state index < -0.39 is 0 Å². The minimum absolute atomic E-state index is 0.145. The van der Waals surface area contributed by atoms with Gasteiger partial charge in [0.05, 0.1) is 23.8 Å². The van der Waals surface area contributed by atoms with Gasteiger partial charge in [0.25, 0.3) is 5.91 Å². The van der Waals surface area contributed by atoms with Crippen LogP contribution >= 0.6 is 0 Å². The number of anilines is 2. The quantitative estimate of drug-likeness (QED) is 0.228. The van der Waals surface area contributed by atoms with Crippen molar-refractivity contribution < 1.29 is 9.53 Å². The monoisotopic (exact) mass is 519 g/mol. The third-order valence-electron chi connectivity index (χ3n) is 6.86. The molecule has 3 aromatic carbocycles. The number of amides is 1. The van der Waals surface area contributed by atoms with Crippen LogP contribution in [0.1, 0.15) is 22.3 Å². The molecule has 0 radical (unpaired) electrons. The highest BCUT2D eigenvalue weighted by molar-refractivity contribution is 6.10. The molecule has 2 heterocycles. The van der Waals surface area contributed by atoms with Crippen LogP contribution in [0.25, 0.3) is 21.8 Å². The first-order valence-corrected chi connectivity index (χ1v) is 13.1. The van der Waals surface area contributed by atoms with Crippen LogP contribution in [0.2, 0.25) is 0 Å². The fourth-order valence-corrected chi connectivity index (χ4v) is 4.88. The van der Waals surface area contributed by atoms with E-state index >= 15 is 0 Å². The second-order valence-corrected chi connectivity index (χ2v) is 9.76. The van der Waals surface area contributed by atoms with E-state index in [9.17, 15) is 4.79 Å². The highest BCUT2D eigenvalue weighted by Crippen LogP contribution is 2.36. The molecule has 0 aliphatic carbocycles. The van der Waals surface area contributed by atoms with Gasteiger partial charge in [-0.1, -0.05) is 18.2 Å². The number of carbonyl (C=O) groups is 1. The Labute approximate surface area is 229 Å². The summed E-state index contributed by atoms with van der Waals surface area (Å²) in [6, 6.07) is 25.2. The van der Waals surface area contributed by atoms with Crippen molar-refractivity contribution >= 4 is 39.1 Å². The van der Waals surface area contributed by atoms with Gasteiger partial charge in [-0.05, 0) is 86.2 Å². The van der Waals surface area contributed by atoms with Crippen LogP contribution in [0, 0.1) is 0 Å². The van der Waals surface area contributed by atoms with Gasteiger partial charge >= 0.3 is 0 Å². The van der Waals surface area contributed by atoms with E-state index in [0.29, 0.717) is 11.3 Å². The summed E-state index contributed by atoms with van der Waals surface area (Å²) in [7, 11) is 5.95. The largest absolute Gasteiger partial charge is 0.497 e. The van der Waals surface area contributed by atoms with E-state index in [2.05, 4.69) is 46.3 Å². The van der Waals surface area contributed by atoms with Gasteiger partial charge < -0.3 is 19.9 Å². The zero-order chi connectivity index (χ0) is 27.2. The lowest BCUT2D eigenvalue weighted by atomic mass is 10.1. The van der Waals surface area contributed by atoms with Gasteiger partial charge in [0, 0.05) is 54.6 Å². The molecule has 5 aromatic rings. The molecule has 0 saturated heterocycles. The molecule has 0 atom stereocenters. The molecule has 1 N–H and O–H groups in total. The van der Waals surface area contributed by atoms with Crippen LogP contribution in [0.15, 0.2) is 91.3 Å². The minimum atomic E-state index is -0.145. The predicted octanol–water partition coefficient (Wildman–Crippen LogP) is 6.00. The van der Waals surface area contributed by atoms with Crippen molar-refractivity contribution in [3.63, 3.8) is 0 Å². The number of fused-ring (bicyclic) bond motifs is 2. The topological polar surface area (TPSA) is 70.6 Å². The number of ether oxygens (including phenoxy) is 1. The Balaban J connectivity index is 1.40. The van der Waals surface area contributed by atoms with Crippen LogP contribution in [0.4, 0.5) is 11.4 Å². The van der Waals surface area contributed by atoms with Crippen LogP contribution in [-0.4, -0.2) is 55.1 Å². The number of nitrogens with one attached hydrogen (secondary N) is 1. The number of hydrogen-bond donors (Lipinski definition) is 1. The van der Waals surface area contributed by atoms with E-state index in [1.54, 1.807) is 19.2 Å². The lowest BCUT2D eigenvalue weighted by Gasteiger charge is -2.25. The maximum absolute atomic E-state index is 12.7. The Morgan fingerprint density at radius 1 is 0.872 bits per heavy atom. The number of benzene rings is 3. The molecular weight excluding hydrogens is 486 g/mol. The Morgan fingerprint density at radius 2 is 1.67 bits per heavy atom. The number of hydrogen-bond acceptors (Lipinski definition) is 6. The van der Waals surface area contributed by atoms with E-state index in [0.717, 1.165) is 59.3 Å². The molecule has 2 aromatic heterocycles. The first-order chi connectivity index (χ1) is 19.0. The molecule has 0 saturated carbocycles. The van der Waals surface area contributed by atoms with Gasteiger partial charge in [-0.2, -0.15) is 0 Å². The van der Waals surface area contributed by atoms with E-state index in [1.807, 2.05) is 67.0 Å². The van der Waals surface area contributed by atoms with Crippen molar-refractivity contribution in [1.29, 1.82) is 0 Å². The molecule has 0 aliphatic heterocycles. The van der Waals surface area contributed by atoms with E-state index in [-0.39, 0.29) is 5.91 Å². The van der Waals surface area contributed by atoms with Crippen molar-refractivity contribution in [2.45, 2.75) is 13.0 Å². The molecule has 5 rings (SSSR count). The summed E-state index contributed by atoms with van der Waals surface area (Å²) in [5, 5.41) is 5.08. The second-order valence-electron chi connectivity index (χ2n) is 9.76. The lowest BCUT2D eigenvalue weighted by molar-refractivity contribution is 0.102. The first kappa shape index (κ1) is 26.1. The summed E-state index contributed by atoms with van der Waals surface area (Å²) in [6.07, 6.45) is 4.67. The Kier molecular flexibility index (Phi) is 7.99. The van der Waals surface area contributed by atoms with Gasteiger partial charge in [-0.25, -0.2) is 4.98 Å². The van der Waals surface area contributed by atoms with Crippen molar-refractivity contribution in [1.82, 2.24) is 14.9 Å². The smallest absolute Gasteiger partial charge is 0.255 e. The summed E-state index contributed by atoms with van der Waals surface area (Å²) < 4.78 is 5.54. The Hall–Kier alpha value is -4.49. The molecule has 0 aliphatic rings. The van der Waals surface area contributed by atoms with E-state index in [4.69, 9.17) is 9.72 Å². The summed E-state index contributed by atoms with van der Waals surface area (Å²) in [4.78, 5) is 26.4. The number of aromatic nitrogens is 2. The summed E-state index contributed by atoms with van der Waals surface area (Å²) in [5.74, 6) is 0.649. The summed E-state index contributed by atoms with van der Waals surface area (Å²) in [5.41, 5.74) is 5.40. The van der Waals surface area contributed by atoms with Gasteiger partial charge in [0.2, 0.25) is 0 Å². The maximum atomic E-state index is 12.7. The number of carbonyl (C=O) groups excluding carboxylic acids is 1. The number of nitrogens with zero attached hydrogens (tertiary/aromatic N) is 4. The first-order valence-electron chi connectivity index (χ1n) is 13.1. The average Bonchev–Trinajstić information content (AvgIpc) is 2.96. The molecule has 7 nitrogen and oxygen atoms in total. The van der Waals surface area contributed by atoms with Crippen LogP contribution in [-0.2, 0) is 6.54 Å². The standard InChI is InChI=1S/C32H33N5O2/c1-36(22-23-14-16-33-17-15-23)18-7-19-37(2)31-27-12-10-25(34-32(38)24-8-5-4-6-9-24)20-30(27)35-29-13-11-26(39-3)21-28(29)31/h4-6,8-17,20-21H,7,18-19,22H2,1-3H3,(H,34,38). The van der Waals surface area contributed by atoms with Gasteiger partial charge in [-0.15, -0.1) is 0 Å². The molecule has 1 amide bonds. The van der Waals surface area contributed by atoms with Crippen LogP contribution in [0.5, 0.6) is 5.75 Å². The zero-order valence-electron chi connectivity index (χ0n) is 22.6. The summed E-state index contributed by atoms with van der Waals surface area (Å²) >= 11 is 0. The van der Waals surface area contributed by atoms with Crippen LogP contribution in [0.3, 0.4) is 0 Å². The fraction of sp³-hybridized carbons (Fsp3) is 0.219. The molecule has 39 heavy (non-hydrogen) atoms. The third kappa shape index (κ3) is 6.16. The molecule has 7 heteroatoms. The maximum Gasteiger partial charge on any atom is 0.255 e. The normalized spacial score (nSPS) is 11.2. The highest BCUT2D eigenvalue weighted by Gasteiger charge is 2.16. The van der Waals surface area contributed by atoms with Crippen molar-refractivity contribution in [3.8, 4) is 5.75 Å².